The molecular weight excluding hydrogens is 404 g/mol. The van der Waals surface area contributed by atoms with E-state index >= 15 is 0 Å². The highest BCUT2D eigenvalue weighted by Crippen LogP contribution is 2.39. The van der Waals surface area contributed by atoms with E-state index in [0.29, 0.717) is 54.9 Å². The van der Waals surface area contributed by atoms with Gasteiger partial charge < -0.3 is 9.64 Å². The zero-order valence-electron chi connectivity index (χ0n) is 17.0. The molecule has 1 saturated heterocycles. The van der Waals surface area contributed by atoms with E-state index in [4.69, 9.17) is 4.74 Å². The molecule has 0 radical (unpaired) electrons. The number of carbonyl (C=O) groups is 2. The summed E-state index contributed by atoms with van der Waals surface area (Å²) in [5, 5.41) is 0. The molecule has 2 aromatic rings. The first-order valence-corrected chi connectivity index (χ1v) is 11.7. The maximum Gasteiger partial charge on any atom is 0.253 e. The van der Waals surface area contributed by atoms with Crippen LogP contribution in [0.3, 0.4) is 0 Å². The minimum atomic E-state index is -3.36. The number of sulfonamides is 1. The van der Waals surface area contributed by atoms with E-state index < -0.39 is 15.6 Å². The maximum absolute atomic E-state index is 12.8. The smallest absolute Gasteiger partial charge is 0.253 e. The molecule has 0 aliphatic carbocycles. The van der Waals surface area contributed by atoms with E-state index in [9.17, 15) is 18.0 Å². The predicted molar refractivity (Wildman–Crippen MR) is 114 cm³/mol. The van der Waals surface area contributed by atoms with Gasteiger partial charge in [-0.05, 0) is 43.3 Å². The fourth-order valence-electron chi connectivity index (χ4n) is 4.08. The first-order valence-electron chi connectivity index (χ1n) is 9.84. The summed E-state index contributed by atoms with van der Waals surface area (Å²) in [5.74, 6) is 0.605. The number of Topliss-reactive ketones (excluding diaryl/α,β-unsaturated/α-hetero) is 1. The number of nitrogens with one attached hydrogen (secondary N) is 1. The Morgan fingerprint density at radius 3 is 2.40 bits per heavy atom. The molecule has 2 aliphatic heterocycles. The molecule has 7 nitrogen and oxygen atoms in total. The molecule has 1 fully saturated rings. The van der Waals surface area contributed by atoms with Crippen LogP contribution in [0.5, 0.6) is 5.75 Å². The number of piperidine rings is 1. The third-order valence-electron chi connectivity index (χ3n) is 5.64. The fourth-order valence-corrected chi connectivity index (χ4v) is 4.65. The monoisotopic (exact) mass is 428 g/mol. The van der Waals surface area contributed by atoms with Crippen molar-refractivity contribution < 1.29 is 22.7 Å². The molecule has 1 N–H and O–H groups in total. The highest BCUT2D eigenvalue weighted by molar-refractivity contribution is 7.92. The lowest BCUT2D eigenvalue weighted by molar-refractivity contribution is -0.00572. The van der Waals surface area contributed by atoms with Gasteiger partial charge >= 0.3 is 0 Å². The van der Waals surface area contributed by atoms with Gasteiger partial charge in [0.25, 0.3) is 5.91 Å². The van der Waals surface area contributed by atoms with Crippen LogP contribution in [0.15, 0.2) is 42.5 Å². The number of ether oxygens (including phenoxy) is 1. The zero-order chi connectivity index (χ0) is 21.5. The second-order valence-corrected chi connectivity index (χ2v) is 9.88. The van der Waals surface area contributed by atoms with E-state index in [1.165, 1.54) is 0 Å². The molecular formula is C22H24N2O5S. The Hall–Kier alpha value is -2.87. The lowest BCUT2D eigenvalue weighted by Crippen LogP contribution is -2.52. The minimum Gasteiger partial charge on any atom is -0.486 e. The predicted octanol–water partition coefficient (Wildman–Crippen LogP) is 3.01. The molecule has 1 spiro atoms. The number of carbonyl (C=O) groups excluding carboxylic acids is 2. The van der Waals surface area contributed by atoms with Crippen molar-refractivity contribution in [2.45, 2.75) is 31.8 Å². The molecule has 1 amide bonds. The van der Waals surface area contributed by atoms with Gasteiger partial charge in [-0.15, -0.1) is 0 Å². The highest BCUT2D eigenvalue weighted by atomic mass is 32.2. The van der Waals surface area contributed by atoms with Gasteiger partial charge in [0.1, 0.15) is 11.4 Å². The van der Waals surface area contributed by atoms with E-state index in [2.05, 4.69) is 4.72 Å². The van der Waals surface area contributed by atoms with Crippen molar-refractivity contribution >= 4 is 27.4 Å². The number of rotatable bonds is 3. The average molecular weight is 429 g/mol. The van der Waals surface area contributed by atoms with Gasteiger partial charge in [0.05, 0.1) is 18.2 Å². The van der Waals surface area contributed by atoms with Crippen LogP contribution in [-0.2, 0) is 10.0 Å². The first-order chi connectivity index (χ1) is 14.1. The zero-order valence-corrected chi connectivity index (χ0v) is 17.8. The van der Waals surface area contributed by atoms with E-state index in [1.807, 2.05) is 25.1 Å². The molecule has 4 rings (SSSR count). The van der Waals surface area contributed by atoms with Crippen molar-refractivity contribution in [3.05, 3.63) is 59.2 Å². The van der Waals surface area contributed by atoms with Gasteiger partial charge in [0.15, 0.2) is 5.78 Å². The normalized spacial score (nSPS) is 17.9. The van der Waals surface area contributed by atoms with Gasteiger partial charge in [-0.25, -0.2) is 8.42 Å². The Bertz CT molecular complexity index is 1100. The largest absolute Gasteiger partial charge is 0.486 e. The summed E-state index contributed by atoms with van der Waals surface area (Å²) >= 11 is 0. The van der Waals surface area contributed by atoms with Crippen LogP contribution in [0.1, 0.15) is 45.5 Å². The first kappa shape index (κ1) is 20.4. The van der Waals surface area contributed by atoms with Crippen LogP contribution in [-0.4, -0.2) is 50.0 Å². The third kappa shape index (κ3) is 4.18. The van der Waals surface area contributed by atoms with Gasteiger partial charge in [-0.2, -0.15) is 0 Å². The maximum atomic E-state index is 12.8. The summed E-state index contributed by atoms with van der Waals surface area (Å²) < 4.78 is 31.3. The lowest BCUT2D eigenvalue weighted by atomic mass is 9.82. The summed E-state index contributed by atoms with van der Waals surface area (Å²) in [6.45, 7) is 2.94. The van der Waals surface area contributed by atoms with Crippen LogP contribution >= 0.6 is 0 Å². The van der Waals surface area contributed by atoms with Crippen LogP contribution in [0.2, 0.25) is 0 Å². The number of likely N-dealkylation sites (tertiary alicyclic amines) is 1. The van der Waals surface area contributed by atoms with E-state index in [0.717, 1.165) is 11.8 Å². The quantitative estimate of drug-likeness (QED) is 0.811. The van der Waals surface area contributed by atoms with Crippen molar-refractivity contribution in [2.24, 2.45) is 0 Å². The number of aryl methyl sites for hydroxylation is 1. The molecule has 2 heterocycles. The van der Waals surface area contributed by atoms with Crippen molar-refractivity contribution in [1.82, 2.24) is 4.90 Å². The van der Waals surface area contributed by atoms with E-state index in [1.54, 1.807) is 29.2 Å². The molecule has 8 heteroatoms. The Morgan fingerprint density at radius 2 is 1.77 bits per heavy atom. The minimum absolute atomic E-state index is 0.0914. The number of anilines is 1. The van der Waals surface area contributed by atoms with Crippen LogP contribution in [0, 0.1) is 6.92 Å². The summed E-state index contributed by atoms with van der Waals surface area (Å²) in [6.07, 6.45) is 2.58. The number of hydrogen-bond donors (Lipinski definition) is 1. The molecule has 2 aromatic carbocycles. The molecule has 0 atom stereocenters. The number of ketones is 1. The van der Waals surface area contributed by atoms with Crippen molar-refractivity contribution in [3.63, 3.8) is 0 Å². The topological polar surface area (TPSA) is 92.8 Å². The fraction of sp³-hybridized carbons (Fsp3) is 0.364. The van der Waals surface area contributed by atoms with Crippen LogP contribution < -0.4 is 9.46 Å². The summed E-state index contributed by atoms with van der Waals surface area (Å²) in [7, 11) is -3.36. The Morgan fingerprint density at radius 1 is 1.10 bits per heavy atom. The number of hydrogen-bond acceptors (Lipinski definition) is 5. The average Bonchev–Trinajstić information content (AvgIpc) is 2.68. The molecule has 30 heavy (non-hydrogen) atoms. The third-order valence-corrected chi connectivity index (χ3v) is 6.25. The Kier molecular flexibility index (Phi) is 5.05. The standard InChI is InChI=1S/C22H24N2O5S/c1-15-3-8-20-18(13-15)19(25)14-22(29-20)9-11-24(12-10-22)21(26)16-4-6-17(7-5-16)23-30(2,27)28/h3-8,13,23H,9-12,14H2,1-2H3. The van der Waals surface area contributed by atoms with Gasteiger partial charge in [0, 0.05) is 37.2 Å². The van der Waals surface area contributed by atoms with Crippen molar-refractivity contribution in [3.8, 4) is 5.75 Å². The van der Waals surface area contributed by atoms with Gasteiger partial charge in [-0.3, -0.25) is 14.3 Å². The number of amides is 1. The Labute approximate surface area is 176 Å². The SMILES string of the molecule is Cc1ccc2c(c1)C(=O)CC1(CCN(C(=O)c3ccc(NS(C)(=O)=O)cc3)CC1)O2. The number of benzene rings is 2. The van der Waals surface area contributed by atoms with Crippen molar-refractivity contribution in [1.29, 1.82) is 0 Å². The van der Waals surface area contributed by atoms with Crippen LogP contribution in [0.25, 0.3) is 0 Å². The molecule has 0 bridgehead atoms. The number of nitrogens with zero attached hydrogens (tertiary/aromatic N) is 1. The lowest BCUT2D eigenvalue weighted by Gasteiger charge is -2.44. The summed E-state index contributed by atoms with van der Waals surface area (Å²) in [5.41, 5.74) is 2.02. The van der Waals surface area contributed by atoms with E-state index in [-0.39, 0.29) is 11.7 Å². The summed E-state index contributed by atoms with van der Waals surface area (Å²) in [4.78, 5) is 27.3. The molecule has 0 saturated carbocycles. The Balaban J connectivity index is 1.43. The van der Waals surface area contributed by atoms with Gasteiger partial charge in [-0.1, -0.05) is 11.6 Å². The summed E-state index contributed by atoms with van der Waals surface area (Å²) in [6, 6.07) is 12.0. The second-order valence-electron chi connectivity index (χ2n) is 8.13. The molecule has 0 unspecified atom stereocenters. The molecule has 2 aliphatic rings. The second kappa shape index (κ2) is 7.43. The van der Waals surface area contributed by atoms with Gasteiger partial charge in [0.2, 0.25) is 10.0 Å². The van der Waals surface area contributed by atoms with Crippen molar-refractivity contribution in [2.75, 3.05) is 24.1 Å². The molecule has 0 aromatic heterocycles. The van der Waals surface area contributed by atoms with Crippen LogP contribution in [0.4, 0.5) is 5.69 Å². The number of fused-ring (bicyclic) bond motifs is 1. The highest BCUT2D eigenvalue weighted by Gasteiger charge is 2.43. The molecule has 158 valence electrons.